The topological polar surface area (TPSA) is 76.9 Å². The molecule has 16 heavy (non-hydrogen) atoms. The van der Waals surface area contributed by atoms with E-state index in [2.05, 4.69) is 15.5 Å². The van der Waals surface area contributed by atoms with Crippen LogP contribution in [-0.4, -0.2) is 40.7 Å². The second kappa shape index (κ2) is 4.50. The molecule has 90 valence electrons. The Labute approximate surface area is 95.0 Å². The van der Waals surface area contributed by atoms with Gasteiger partial charge in [-0.1, -0.05) is 0 Å². The predicted octanol–water partition coefficient (Wildman–Crippen LogP) is -0.518. The van der Waals surface area contributed by atoms with Crippen LogP contribution in [0.4, 0.5) is 0 Å². The van der Waals surface area contributed by atoms with E-state index in [1.807, 2.05) is 11.6 Å². The molecule has 1 aliphatic heterocycles. The first-order valence-corrected chi connectivity index (χ1v) is 7.06. The molecule has 6 nitrogen and oxygen atoms in total. The maximum Gasteiger partial charge on any atom is 0.154 e. The molecule has 1 fully saturated rings. The van der Waals surface area contributed by atoms with Gasteiger partial charge in [-0.3, -0.25) is 0 Å². The predicted molar refractivity (Wildman–Crippen MR) is 59.5 cm³/mol. The molecule has 2 heterocycles. The van der Waals surface area contributed by atoms with Crippen LogP contribution in [0, 0.1) is 0 Å². The zero-order valence-corrected chi connectivity index (χ0v) is 10.1. The Morgan fingerprint density at radius 2 is 2.44 bits per heavy atom. The number of sulfone groups is 1. The summed E-state index contributed by atoms with van der Waals surface area (Å²) in [5, 5.41) is 10.6. The van der Waals surface area contributed by atoms with Gasteiger partial charge in [0.1, 0.15) is 12.2 Å². The van der Waals surface area contributed by atoms with Gasteiger partial charge in [0, 0.05) is 13.6 Å². The molecule has 1 unspecified atom stereocenters. The Bertz CT molecular complexity index is 454. The molecule has 0 aromatic carbocycles. The van der Waals surface area contributed by atoms with E-state index in [0.29, 0.717) is 18.8 Å². The molecule has 2 rings (SSSR count). The van der Waals surface area contributed by atoms with Gasteiger partial charge in [0.05, 0.1) is 17.5 Å². The van der Waals surface area contributed by atoms with Crippen LogP contribution in [0.15, 0.2) is 6.33 Å². The average molecular weight is 244 g/mol. The SMILES string of the molecule is Cn1cnnc1CNCC1CCCS1(=O)=O. The first kappa shape index (κ1) is 11.5. The fourth-order valence-corrected chi connectivity index (χ4v) is 3.70. The van der Waals surface area contributed by atoms with Crippen LogP contribution >= 0.6 is 0 Å². The summed E-state index contributed by atoms with van der Waals surface area (Å²) in [5.41, 5.74) is 0. The number of nitrogens with one attached hydrogen (secondary N) is 1. The smallest absolute Gasteiger partial charge is 0.154 e. The van der Waals surface area contributed by atoms with E-state index in [0.717, 1.165) is 18.7 Å². The van der Waals surface area contributed by atoms with E-state index in [1.165, 1.54) is 0 Å². The Balaban J connectivity index is 1.83. The van der Waals surface area contributed by atoms with E-state index in [9.17, 15) is 8.42 Å². The van der Waals surface area contributed by atoms with Crippen LogP contribution in [0.1, 0.15) is 18.7 Å². The second-order valence-electron chi connectivity index (χ2n) is 4.12. The average Bonchev–Trinajstić information content (AvgIpc) is 2.75. The molecular weight excluding hydrogens is 228 g/mol. The third kappa shape index (κ3) is 2.41. The Morgan fingerprint density at radius 3 is 3.00 bits per heavy atom. The summed E-state index contributed by atoms with van der Waals surface area (Å²) in [6.07, 6.45) is 3.19. The Kier molecular flexibility index (Phi) is 3.25. The van der Waals surface area contributed by atoms with Gasteiger partial charge in [-0.25, -0.2) is 8.42 Å². The molecule has 1 N–H and O–H groups in total. The lowest BCUT2D eigenvalue weighted by atomic mass is 10.2. The van der Waals surface area contributed by atoms with Crippen molar-refractivity contribution >= 4 is 9.84 Å². The first-order valence-electron chi connectivity index (χ1n) is 5.35. The maximum atomic E-state index is 11.5. The number of hydrogen-bond acceptors (Lipinski definition) is 5. The molecule has 0 radical (unpaired) electrons. The van der Waals surface area contributed by atoms with Gasteiger partial charge in [-0.05, 0) is 12.8 Å². The van der Waals surface area contributed by atoms with E-state index in [1.54, 1.807) is 6.33 Å². The second-order valence-corrected chi connectivity index (χ2v) is 6.52. The Hall–Kier alpha value is -0.950. The van der Waals surface area contributed by atoms with E-state index < -0.39 is 9.84 Å². The van der Waals surface area contributed by atoms with Crippen LogP contribution in [0.5, 0.6) is 0 Å². The first-order chi connectivity index (χ1) is 7.59. The Morgan fingerprint density at radius 1 is 1.62 bits per heavy atom. The van der Waals surface area contributed by atoms with Gasteiger partial charge in [0.15, 0.2) is 9.84 Å². The van der Waals surface area contributed by atoms with E-state index in [-0.39, 0.29) is 5.25 Å². The fraction of sp³-hybridized carbons (Fsp3) is 0.778. The summed E-state index contributed by atoms with van der Waals surface area (Å²) >= 11 is 0. The molecular formula is C9H16N4O2S. The van der Waals surface area contributed by atoms with Crippen LogP contribution in [0.2, 0.25) is 0 Å². The van der Waals surface area contributed by atoms with E-state index in [4.69, 9.17) is 0 Å². The van der Waals surface area contributed by atoms with Crippen molar-refractivity contribution in [1.82, 2.24) is 20.1 Å². The number of rotatable bonds is 4. The van der Waals surface area contributed by atoms with Crippen LogP contribution in [0.3, 0.4) is 0 Å². The summed E-state index contributed by atoms with van der Waals surface area (Å²) < 4.78 is 24.9. The lowest BCUT2D eigenvalue weighted by Gasteiger charge is -2.10. The van der Waals surface area contributed by atoms with Crippen molar-refractivity contribution < 1.29 is 8.42 Å². The van der Waals surface area contributed by atoms with Crippen molar-refractivity contribution in [3.8, 4) is 0 Å². The summed E-state index contributed by atoms with van der Waals surface area (Å²) in [6.45, 7) is 1.07. The molecule has 1 aliphatic rings. The maximum absolute atomic E-state index is 11.5. The quantitative estimate of drug-likeness (QED) is 0.771. The summed E-state index contributed by atoms with van der Waals surface area (Å²) in [7, 11) is -0.979. The third-order valence-electron chi connectivity index (χ3n) is 2.92. The lowest BCUT2D eigenvalue weighted by Crippen LogP contribution is -2.30. The molecule has 0 aliphatic carbocycles. The molecule has 0 saturated carbocycles. The van der Waals surface area contributed by atoms with Crippen LogP contribution < -0.4 is 5.32 Å². The summed E-state index contributed by atoms with van der Waals surface area (Å²) in [6, 6.07) is 0. The third-order valence-corrected chi connectivity index (χ3v) is 5.20. The van der Waals surface area contributed by atoms with Gasteiger partial charge in [0.2, 0.25) is 0 Å². The molecule has 0 bridgehead atoms. The lowest BCUT2D eigenvalue weighted by molar-refractivity contribution is 0.566. The van der Waals surface area contributed by atoms with Crippen molar-refractivity contribution in [2.45, 2.75) is 24.6 Å². The largest absolute Gasteiger partial charge is 0.320 e. The standard InChI is InChI=1S/C9H16N4O2S/c1-13-7-11-12-9(13)6-10-5-8-3-2-4-16(8,14)15/h7-8,10H,2-6H2,1H3. The highest BCUT2D eigenvalue weighted by molar-refractivity contribution is 7.92. The summed E-state index contributed by atoms with van der Waals surface area (Å²) in [5.74, 6) is 1.15. The normalized spacial score (nSPS) is 23.7. The van der Waals surface area contributed by atoms with Crippen molar-refractivity contribution in [1.29, 1.82) is 0 Å². The van der Waals surface area contributed by atoms with Crippen LogP contribution in [0.25, 0.3) is 0 Å². The number of aromatic nitrogens is 3. The fourth-order valence-electron chi connectivity index (χ4n) is 1.90. The molecule has 1 atom stereocenters. The van der Waals surface area contributed by atoms with Crippen LogP contribution in [-0.2, 0) is 23.4 Å². The number of hydrogen-bond donors (Lipinski definition) is 1. The van der Waals surface area contributed by atoms with Gasteiger partial charge in [-0.2, -0.15) is 0 Å². The number of aryl methyl sites for hydroxylation is 1. The molecule has 1 aromatic heterocycles. The van der Waals surface area contributed by atoms with Crippen molar-refractivity contribution in [2.24, 2.45) is 7.05 Å². The molecule has 1 aromatic rings. The number of nitrogens with zero attached hydrogens (tertiary/aromatic N) is 3. The van der Waals surface area contributed by atoms with Gasteiger partial charge in [0.25, 0.3) is 0 Å². The molecule has 0 amide bonds. The molecule has 0 spiro atoms. The molecule has 1 saturated heterocycles. The highest BCUT2D eigenvalue weighted by Crippen LogP contribution is 2.18. The minimum atomic E-state index is -2.84. The van der Waals surface area contributed by atoms with Gasteiger partial charge < -0.3 is 9.88 Å². The van der Waals surface area contributed by atoms with Crippen molar-refractivity contribution in [2.75, 3.05) is 12.3 Å². The van der Waals surface area contributed by atoms with Crippen molar-refractivity contribution in [3.05, 3.63) is 12.2 Å². The zero-order valence-electron chi connectivity index (χ0n) is 9.26. The minimum Gasteiger partial charge on any atom is -0.320 e. The monoisotopic (exact) mass is 244 g/mol. The summed E-state index contributed by atoms with van der Waals surface area (Å²) in [4.78, 5) is 0. The van der Waals surface area contributed by atoms with Gasteiger partial charge in [-0.15, -0.1) is 10.2 Å². The van der Waals surface area contributed by atoms with E-state index >= 15 is 0 Å². The van der Waals surface area contributed by atoms with Gasteiger partial charge >= 0.3 is 0 Å². The highest BCUT2D eigenvalue weighted by Gasteiger charge is 2.30. The highest BCUT2D eigenvalue weighted by atomic mass is 32.2. The zero-order chi connectivity index (χ0) is 11.6. The van der Waals surface area contributed by atoms with Crippen molar-refractivity contribution in [3.63, 3.8) is 0 Å². The minimum absolute atomic E-state index is 0.222. The molecule has 7 heteroatoms.